The smallest absolute Gasteiger partial charge is 0.306 e. The number of carbonyl (C=O) groups is 1. The van der Waals surface area contributed by atoms with Crippen molar-refractivity contribution in [3.8, 4) is 11.3 Å². The summed E-state index contributed by atoms with van der Waals surface area (Å²) in [4.78, 5) is 16.2. The third kappa shape index (κ3) is 3.70. The van der Waals surface area contributed by atoms with Crippen molar-refractivity contribution in [3.63, 3.8) is 0 Å². The SMILES string of the molecule is O=C(Nc1nc(-c2cccc(C(F)(F)F)c2)cs1)C1CCCN1. The first-order valence-corrected chi connectivity index (χ1v) is 7.99. The zero-order valence-electron chi connectivity index (χ0n) is 12.0. The Labute approximate surface area is 134 Å². The van der Waals surface area contributed by atoms with Crippen molar-refractivity contribution in [2.45, 2.75) is 25.1 Å². The molecule has 2 N–H and O–H groups in total. The van der Waals surface area contributed by atoms with Crippen molar-refractivity contribution in [2.24, 2.45) is 0 Å². The summed E-state index contributed by atoms with van der Waals surface area (Å²) in [6.07, 6.45) is -2.67. The van der Waals surface area contributed by atoms with Gasteiger partial charge < -0.3 is 10.6 Å². The van der Waals surface area contributed by atoms with Crippen LogP contribution in [0.1, 0.15) is 18.4 Å². The van der Waals surface area contributed by atoms with Gasteiger partial charge in [0.2, 0.25) is 5.91 Å². The fourth-order valence-electron chi connectivity index (χ4n) is 2.42. The molecule has 1 aliphatic heterocycles. The lowest BCUT2D eigenvalue weighted by Gasteiger charge is -2.08. The van der Waals surface area contributed by atoms with Crippen LogP contribution in [-0.2, 0) is 11.0 Å². The molecule has 3 rings (SSSR count). The Morgan fingerprint density at radius 2 is 2.22 bits per heavy atom. The van der Waals surface area contributed by atoms with Gasteiger partial charge in [-0.2, -0.15) is 13.2 Å². The first kappa shape index (κ1) is 15.9. The minimum atomic E-state index is -4.39. The Morgan fingerprint density at radius 1 is 1.39 bits per heavy atom. The van der Waals surface area contributed by atoms with Crippen molar-refractivity contribution < 1.29 is 18.0 Å². The zero-order valence-corrected chi connectivity index (χ0v) is 12.8. The van der Waals surface area contributed by atoms with Crippen LogP contribution < -0.4 is 10.6 Å². The molecule has 1 saturated heterocycles. The van der Waals surface area contributed by atoms with Crippen molar-refractivity contribution >= 4 is 22.4 Å². The molecule has 0 saturated carbocycles. The minimum absolute atomic E-state index is 0.160. The maximum atomic E-state index is 12.8. The standard InChI is InChI=1S/C15H14F3N3OS/c16-15(17,18)10-4-1-3-9(7-10)12-8-23-14(20-12)21-13(22)11-5-2-6-19-11/h1,3-4,7-8,11,19H,2,5-6H2,(H,20,21,22). The van der Waals surface area contributed by atoms with Crippen LogP contribution in [-0.4, -0.2) is 23.5 Å². The van der Waals surface area contributed by atoms with Crippen LogP contribution in [0.2, 0.25) is 0 Å². The van der Waals surface area contributed by atoms with E-state index in [4.69, 9.17) is 0 Å². The highest BCUT2D eigenvalue weighted by molar-refractivity contribution is 7.14. The van der Waals surface area contributed by atoms with Gasteiger partial charge in [0.1, 0.15) is 0 Å². The number of carbonyl (C=O) groups excluding carboxylic acids is 1. The Morgan fingerprint density at radius 3 is 2.91 bits per heavy atom. The normalized spacial score (nSPS) is 18.1. The van der Waals surface area contributed by atoms with Crippen LogP contribution in [0.15, 0.2) is 29.6 Å². The van der Waals surface area contributed by atoms with Crippen LogP contribution in [0.25, 0.3) is 11.3 Å². The van der Waals surface area contributed by atoms with Gasteiger partial charge in [-0.25, -0.2) is 4.98 Å². The number of benzene rings is 1. The van der Waals surface area contributed by atoms with E-state index in [1.165, 1.54) is 17.4 Å². The lowest BCUT2D eigenvalue weighted by atomic mass is 10.1. The van der Waals surface area contributed by atoms with Crippen molar-refractivity contribution in [1.82, 2.24) is 10.3 Å². The fourth-order valence-corrected chi connectivity index (χ4v) is 3.14. The van der Waals surface area contributed by atoms with Crippen molar-refractivity contribution in [2.75, 3.05) is 11.9 Å². The quantitative estimate of drug-likeness (QED) is 0.898. The zero-order chi connectivity index (χ0) is 16.4. The number of hydrogen-bond acceptors (Lipinski definition) is 4. The molecular formula is C15H14F3N3OS. The fraction of sp³-hybridized carbons (Fsp3) is 0.333. The topological polar surface area (TPSA) is 54.0 Å². The molecule has 2 aromatic rings. The van der Waals surface area contributed by atoms with Crippen molar-refractivity contribution in [1.29, 1.82) is 0 Å². The predicted octanol–water partition coefficient (Wildman–Crippen LogP) is 3.52. The highest BCUT2D eigenvalue weighted by atomic mass is 32.1. The lowest BCUT2D eigenvalue weighted by Crippen LogP contribution is -2.35. The number of amides is 1. The molecule has 1 unspecified atom stereocenters. The molecule has 4 nitrogen and oxygen atoms in total. The maximum absolute atomic E-state index is 12.8. The van der Waals surface area contributed by atoms with Gasteiger partial charge in [-0.1, -0.05) is 12.1 Å². The number of alkyl halides is 3. The van der Waals surface area contributed by atoms with E-state index in [0.29, 0.717) is 16.4 Å². The molecule has 0 aliphatic carbocycles. The van der Waals surface area contributed by atoms with Crippen molar-refractivity contribution in [3.05, 3.63) is 35.2 Å². The maximum Gasteiger partial charge on any atom is 0.416 e. The molecule has 1 aromatic carbocycles. The lowest BCUT2D eigenvalue weighted by molar-refractivity contribution is -0.137. The van der Waals surface area contributed by atoms with Gasteiger partial charge in [-0.15, -0.1) is 11.3 Å². The molecule has 0 radical (unpaired) electrons. The number of rotatable bonds is 3. The summed E-state index contributed by atoms with van der Waals surface area (Å²) in [6, 6.07) is 4.76. The van der Waals surface area contributed by atoms with Gasteiger partial charge in [-0.3, -0.25) is 4.79 Å². The summed E-state index contributed by atoms with van der Waals surface area (Å²) in [5, 5.41) is 7.80. The summed E-state index contributed by atoms with van der Waals surface area (Å²) in [6.45, 7) is 0.811. The third-order valence-electron chi connectivity index (χ3n) is 3.60. The van der Waals surface area contributed by atoms with E-state index in [2.05, 4.69) is 15.6 Å². The van der Waals surface area contributed by atoms with E-state index in [-0.39, 0.29) is 11.9 Å². The molecule has 1 fully saturated rings. The first-order valence-electron chi connectivity index (χ1n) is 7.11. The van der Waals surface area contributed by atoms with Gasteiger partial charge in [0, 0.05) is 10.9 Å². The predicted molar refractivity (Wildman–Crippen MR) is 82.2 cm³/mol. The molecule has 1 atom stereocenters. The second kappa shape index (κ2) is 6.29. The van der Waals surface area contributed by atoms with Crippen LogP contribution in [0.3, 0.4) is 0 Å². The second-order valence-electron chi connectivity index (χ2n) is 5.25. The summed E-state index contributed by atoms with van der Waals surface area (Å²) in [5.74, 6) is -0.160. The van der Waals surface area contributed by atoms with E-state index >= 15 is 0 Å². The molecule has 8 heteroatoms. The number of nitrogens with zero attached hydrogens (tertiary/aromatic N) is 1. The second-order valence-corrected chi connectivity index (χ2v) is 6.11. The summed E-state index contributed by atoms with van der Waals surface area (Å²) >= 11 is 1.19. The molecule has 1 aromatic heterocycles. The number of aromatic nitrogens is 1. The van der Waals surface area contributed by atoms with Gasteiger partial charge >= 0.3 is 6.18 Å². The molecular weight excluding hydrogens is 327 g/mol. The third-order valence-corrected chi connectivity index (χ3v) is 4.35. The van der Waals surface area contributed by atoms with Crippen LogP contribution in [0, 0.1) is 0 Å². The Bertz CT molecular complexity index is 708. The highest BCUT2D eigenvalue weighted by Crippen LogP contribution is 2.33. The van der Waals surface area contributed by atoms with Gasteiger partial charge in [0.15, 0.2) is 5.13 Å². The largest absolute Gasteiger partial charge is 0.416 e. The molecule has 1 amide bonds. The molecule has 0 bridgehead atoms. The van der Waals surface area contributed by atoms with E-state index < -0.39 is 11.7 Å². The van der Waals surface area contributed by atoms with Gasteiger partial charge in [0.05, 0.1) is 17.3 Å². The number of thiazole rings is 1. The number of halogens is 3. The number of nitrogens with one attached hydrogen (secondary N) is 2. The molecule has 1 aliphatic rings. The highest BCUT2D eigenvalue weighted by Gasteiger charge is 2.30. The van der Waals surface area contributed by atoms with E-state index in [9.17, 15) is 18.0 Å². The molecule has 0 spiro atoms. The summed E-state index contributed by atoms with van der Waals surface area (Å²) in [7, 11) is 0. The monoisotopic (exact) mass is 341 g/mol. The van der Waals surface area contributed by atoms with E-state index in [1.807, 2.05) is 0 Å². The Balaban J connectivity index is 1.75. The molecule has 122 valence electrons. The van der Waals surface area contributed by atoms with E-state index in [1.54, 1.807) is 11.4 Å². The number of hydrogen-bond donors (Lipinski definition) is 2. The summed E-state index contributed by atoms with van der Waals surface area (Å²) in [5.41, 5.74) is 0.0649. The first-order chi connectivity index (χ1) is 10.9. The minimum Gasteiger partial charge on any atom is -0.306 e. The van der Waals surface area contributed by atoms with Crippen LogP contribution >= 0.6 is 11.3 Å². The number of anilines is 1. The van der Waals surface area contributed by atoms with Gasteiger partial charge in [0.25, 0.3) is 0 Å². The Kier molecular flexibility index (Phi) is 4.36. The van der Waals surface area contributed by atoms with Crippen LogP contribution in [0.4, 0.5) is 18.3 Å². The summed E-state index contributed by atoms with van der Waals surface area (Å²) < 4.78 is 38.3. The van der Waals surface area contributed by atoms with E-state index in [0.717, 1.165) is 31.5 Å². The molecule has 2 heterocycles. The average Bonchev–Trinajstić information content (AvgIpc) is 3.18. The van der Waals surface area contributed by atoms with Gasteiger partial charge in [-0.05, 0) is 31.5 Å². The Hall–Kier alpha value is -1.93. The van der Waals surface area contributed by atoms with Crippen LogP contribution in [0.5, 0.6) is 0 Å². The average molecular weight is 341 g/mol. The molecule has 23 heavy (non-hydrogen) atoms.